The van der Waals surface area contributed by atoms with Gasteiger partial charge in [0.15, 0.2) is 0 Å². The molecule has 3 rings (SSSR count). The highest BCUT2D eigenvalue weighted by Crippen LogP contribution is 2.28. The van der Waals surface area contributed by atoms with Crippen molar-refractivity contribution in [2.45, 2.75) is 58.3 Å². The molecule has 2 fully saturated rings. The second-order valence-corrected chi connectivity index (χ2v) is 10.1. The predicted octanol–water partition coefficient (Wildman–Crippen LogP) is 4.12. The molecule has 2 unspecified atom stereocenters. The quantitative estimate of drug-likeness (QED) is 0.580. The number of rotatable bonds is 7. The minimum Gasteiger partial charge on any atom is -0.398 e. The van der Waals surface area contributed by atoms with Crippen molar-refractivity contribution in [2.75, 3.05) is 46.3 Å². The maximum absolute atomic E-state index is 6.05. The molecule has 0 spiro atoms. The van der Waals surface area contributed by atoms with Gasteiger partial charge in [0, 0.05) is 62.2 Å². The van der Waals surface area contributed by atoms with Gasteiger partial charge in [-0.15, -0.1) is 0 Å². The Morgan fingerprint density at radius 2 is 1.94 bits per heavy atom. The van der Waals surface area contributed by atoms with Crippen LogP contribution in [-0.4, -0.2) is 84.2 Å². The molecule has 0 amide bonds. The third-order valence-corrected chi connectivity index (χ3v) is 7.42. The molecule has 0 bridgehead atoms. The molecule has 3 aliphatic heterocycles. The van der Waals surface area contributed by atoms with Crippen molar-refractivity contribution in [3.63, 3.8) is 0 Å². The Balaban J connectivity index is 1.53. The summed E-state index contributed by atoms with van der Waals surface area (Å²) in [6.45, 7) is 17.2. The molecular weight excluding hydrogens is 418 g/mol. The first-order chi connectivity index (χ1) is 15.3. The molecule has 2 N–H and O–H groups in total. The van der Waals surface area contributed by atoms with Gasteiger partial charge in [0.05, 0.1) is 0 Å². The van der Waals surface area contributed by atoms with Crippen LogP contribution in [0.5, 0.6) is 0 Å². The number of piperidine rings is 1. The van der Waals surface area contributed by atoms with Crippen molar-refractivity contribution >= 4 is 11.6 Å². The first-order valence-corrected chi connectivity index (χ1v) is 12.4. The van der Waals surface area contributed by atoms with Crippen molar-refractivity contribution < 1.29 is 0 Å². The summed E-state index contributed by atoms with van der Waals surface area (Å²) in [6, 6.07) is 1.33. The maximum Gasteiger partial charge on any atom is 0.104 e. The molecule has 0 radical (unpaired) electrons. The molecule has 0 aromatic carbocycles. The molecule has 32 heavy (non-hydrogen) atoms. The molecule has 0 aromatic rings. The van der Waals surface area contributed by atoms with E-state index in [0.717, 1.165) is 31.9 Å². The van der Waals surface area contributed by atoms with Crippen molar-refractivity contribution in [1.82, 2.24) is 19.6 Å². The Morgan fingerprint density at radius 3 is 2.56 bits per heavy atom. The number of hydrogen-bond acceptors (Lipinski definition) is 5. The van der Waals surface area contributed by atoms with Gasteiger partial charge < -0.3 is 10.6 Å². The van der Waals surface area contributed by atoms with Crippen LogP contribution in [0.4, 0.5) is 0 Å². The van der Waals surface area contributed by atoms with Gasteiger partial charge in [0.1, 0.15) is 6.17 Å². The van der Waals surface area contributed by atoms with Gasteiger partial charge in [-0.2, -0.15) is 0 Å². The highest BCUT2D eigenvalue weighted by molar-refractivity contribution is 6.31. The van der Waals surface area contributed by atoms with E-state index in [-0.39, 0.29) is 0 Å². The molecule has 178 valence electrons. The second-order valence-electron chi connectivity index (χ2n) is 9.63. The van der Waals surface area contributed by atoms with E-state index >= 15 is 0 Å². The Kier molecular flexibility index (Phi) is 9.06. The summed E-state index contributed by atoms with van der Waals surface area (Å²) in [5.41, 5.74) is 9.59. The molecule has 2 saturated heterocycles. The van der Waals surface area contributed by atoms with Crippen molar-refractivity contribution in [1.29, 1.82) is 0 Å². The number of allylic oxidation sites excluding steroid dienone is 5. The molecule has 0 aromatic heterocycles. The average molecular weight is 460 g/mol. The van der Waals surface area contributed by atoms with E-state index in [1.54, 1.807) is 6.08 Å². The third kappa shape index (κ3) is 6.28. The number of nitrogens with zero attached hydrogens (tertiary/aromatic N) is 4. The Labute approximate surface area is 200 Å². The summed E-state index contributed by atoms with van der Waals surface area (Å²) in [4.78, 5) is 10.3. The van der Waals surface area contributed by atoms with Gasteiger partial charge in [0.25, 0.3) is 0 Å². The zero-order valence-electron chi connectivity index (χ0n) is 20.4. The maximum atomic E-state index is 6.05. The second kappa shape index (κ2) is 11.6. The third-order valence-electron chi connectivity index (χ3n) is 7.14. The van der Waals surface area contributed by atoms with Crippen LogP contribution in [0.1, 0.15) is 40.0 Å². The highest BCUT2D eigenvalue weighted by Gasteiger charge is 2.36. The number of likely N-dealkylation sites (N-methyl/N-ethyl adjacent to an activating group) is 1. The summed E-state index contributed by atoms with van der Waals surface area (Å²) in [6.07, 6.45) is 14.0. The SMILES string of the molecule is C=C/C(Cl)=C\C=C(/C)CN1CCC(N2CCN(C3C(C)=CC(N)=CN3C)CC2CC)CC1. The van der Waals surface area contributed by atoms with E-state index in [1.165, 1.54) is 43.5 Å². The predicted molar refractivity (Wildman–Crippen MR) is 137 cm³/mol. The zero-order valence-corrected chi connectivity index (χ0v) is 21.2. The van der Waals surface area contributed by atoms with E-state index in [0.29, 0.717) is 23.3 Å². The van der Waals surface area contributed by atoms with Crippen LogP contribution in [0.3, 0.4) is 0 Å². The number of halogens is 1. The fourth-order valence-corrected chi connectivity index (χ4v) is 5.67. The molecule has 6 heteroatoms. The molecule has 0 aliphatic carbocycles. The normalized spacial score (nSPS) is 28.0. The summed E-state index contributed by atoms with van der Waals surface area (Å²) >= 11 is 6.03. The molecule has 5 nitrogen and oxygen atoms in total. The van der Waals surface area contributed by atoms with Crippen LogP contribution in [0.2, 0.25) is 0 Å². The first kappa shape index (κ1) is 25.1. The van der Waals surface area contributed by atoms with Gasteiger partial charge in [-0.1, -0.05) is 42.8 Å². The smallest absolute Gasteiger partial charge is 0.104 e. The largest absolute Gasteiger partial charge is 0.398 e. The fraction of sp³-hybridized carbons (Fsp3) is 0.615. The average Bonchev–Trinajstić information content (AvgIpc) is 2.77. The Hall–Kier alpha value is -1.53. The number of nitrogens with two attached hydrogens (primary N) is 1. The zero-order chi connectivity index (χ0) is 23.3. The number of hydrogen-bond donors (Lipinski definition) is 1. The van der Waals surface area contributed by atoms with Crippen molar-refractivity contribution in [2.24, 2.45) is 5.73 Å². The van der Waals surface area contributed by atoms with E-state index in [4.69, 9.17) is 17.3 Å². The minimum atomic E-state index is 0.332. The lowest BCUT2D eigenvalue weighted by Crippen LogP contribution is -2.62. The van der Waals surface area contributed by atoms with Crippen molar-refractivity contribution in [3.05, 3.63) is 59.0 Å². The van der Waals surface area contributed by atoms with Gasteiger partial charge in [-0.3, -0.25) is 14.7 Å². The van der Waals surface area contributed by atoms with Crippen molar-refractivity contribution in [3.8, 4) is 0 Å². The van der Waals surface area contributed by atoms with E-state index < -0.39 is 0 Å². The van der Waals surface area contributed by atoms with Crippen LogP contribution < -0.4 is 5.73 Å². The van der Waals surface area contributed by atoms with Gasteiger partial charge in [-0.05, 0) is 63.9 Å². The van der Waals surface area contributed by atoms with E-state index in [9.17, 15) is 0 Å². The van der Waals surface area contributed by atoms with Gasteiger partial charge in [-0.25, -0.2) is 0 Å². The summed E-state index contributed by atoms with van der Waals surface area (Å²) in [5.74, 6) is 0. The summed E-state index contributed by atoms with van der Waals surface area (Å²) in [7, 11) is 2.15. The monoisotopic (exact) mass is 459 g/mol. The lowest BCUT2D eigenvalue weighted by atomic mass is 9.97. The van der Waals surface area contributed by atoms with E-state index in [1.807, 2.05) is 6.08 Å². The molecule has 3 heterocycles. The van der Waals surface area contributed by atoms with Crippen LogP contribution in [0.25, 0.3) is 0 Å². The first-order valence-electron chi connectivity index (χ1n) is 12.1. The topological polar surface area (TPSA) is 39.0 Å². The van der Waals surface area contributed by atoms with Crippen LogP contribution in [-0.2, 0) is 0 Å². The van der Waals surface area contributed by atoms with E-state index in [2.05, 4.69) is 72.3 Å². The summed E-state index contributed by atoms with van der Waals surface area (Å²) in [5, 5.41) is 0.692. The molecular formula is C26H42ClN5. The molecule has 2 atom stereocenters. The lowest BCUT2D eigenvalue weighted by Gasteiger charge is -2.50. The molecule has 3 aliphatic rings. The lowest BCUT2D eigenvalue weighted by molar-refractivity contribution is -0.0153. The fourth-order valence-electron chi connectivity index (χ4n) is 5.61. The van der Waals surface area contributed by atoms with Crippen LogP contribution in [0.15, 0.2) is 59.0 Å². The molecule has 0 saturated carbocycles. The number of piperazine rings is 1. The Morgan fingerprint density at radius 1 is 1.22 bits per heavy atom. The number of likely N-dealkylation sites (tertiary alicyclic amines) is 1. The minimum absolute atomic E-state index is 0.332. The van der Waals surface area contributed by atoms with Gasteiger partial charge in [0.2, 0.25) is 0 Å². The van der Waals surface area contributed by atoms with Crippen LogP contribution in [0, 0.1) is 0 Å². The standard InChI is InChI=1S/C26H42ClN5/c1-6-22(27)9-8-20(3)17-30-12-10-25(11-13-30)32-15-14-31(19-24(32)7-2)26-21(4)16-23(28)18-29(26)5/h6,8-9,16,18,24-26H,1,7,10-15,17,19,28H2,2-5H3/b20-8+,22-9+. The van der Waals surface area contributed by atoms with Crippen LogP contribution >= 0.6 is 11.6 Å². The van der Waals surface area contributed by atoms with Gasteiger partial charge >= 0.3 is 0 Å². The Bertz CT molecular complexity index is 775. The summed E-state index contributed by atoms with van der Waals surface area (Å²) < 4.78 is 0. The highest BCUT2D eigenvalue weighted by atomic mass is 35.5.